The number of nitrogens with one attached hydrogen (secondary N) is 1. The Kier molecular flexibility index (Phi) is 8.79. The first-order valence-corrected chi connectivity index (χ1v) is 10.8. The van der Waals surface area contributed by atoms with E-state index in [2.05, 4.69) is 5.32 Å². The predicted molar refractivity (Wildman–Crippen MR) is 124 cm³/mol. The Labute approximate surface area is 204 Å². The van der Waals surface area contributed by atoms with Crippen molar-refractivity contribution in [3.8, 4) is 0 Å². The van der Waals surface area contributed by atoms with Crippen LogP contribution in [0.5, 0.6) is 0 Å². The fraction of sp³-hybridized carbons (Fsp3) is 0.318. The van der Waals surface area contributed by atoms with Gasteiger partial charge in [0.05, 0.1) is 21.0 Å². The summed E-state index contributed by atoms with van der Waals surface area (Å²) in [6.07, 6.45) is -2.91. The lowest BCUT2D eigenvalue weighted by Crippen LogP contribution is -2.32. The molecule has 174 valence electrons. The van der Waals surface area contributed by atoms with Crippen LogP contribution in [0.4, 0.5) is 18.0 Å². The molecule has 0 aromatic heterocycles. The fourth-order valence-electron chi connectivity index (χ4n) is 2.66. The number of benzene rings is 2. The zero-order valence-corrected chi connectivity index (χ0v) is 20.3. The quantitative estimate of drug-likeness (QED) is 0.394. The first-order valence-electron chi connectivity index (χ1n) is 9.32. The maximum absolute atomic E-state index is 13.7. The second-order valence-corrected chi connectivity index (χ2v) is 9.48. The van der Waals surface area contributed by atoms with Crippen LogP contribution < -0.4 is 5.32 Å². The molecular weight excluding hydrogens is 509 g/mol. The van der Waals surface area contributed by atoms with Crippen molar-refractivity contribution in [3.63, 3.8) is 0 Å². The molecule has 0 bridgehead atoms. The first-order chi connectivity index (χ1) is 14.7. The normalized spacial score (nSPS) is 13.3. The van der Waals surface area contributed by atoms with Crippen LogP contribution in [0.1, 0.15) is 43.4 Å². The lowest BCUT2D eigenvalue weighted by Gasteiger charge is -2.20. The van der Waals surface area contributed by atoms with Crippen LogP contribution >= 0.6 is 46.4 Å². The summed E-state index contributed by atoms with van der Waals surface area (Å²) >= 11 is 23.9. The van der Waals surface area contributed by atoms with Crippen molar-refractivity contribution in [1.29, 1.82) is 0 Å². The molecule has 0 aliphatic rings. The zero-order chi connectivity index (χ0) is 24.3. The highest BCUT2D eigenvalue weighted by Crippen LogP contribution is 2.41. The molecule has 2 aromatic rings. The molecule has 1 amide bonds. The molecule has 3 nitrogen and oxygen atoms in total. The number of hydrogen-bond acceptors (Lipinski definition) is 2. The Hall–Kier alpha value is -1.60. The standard InChI is InChI=1S/C22H20Cl4F3NO2/c1-21(2,3)32-20(31)30-11-13-6-4-12(8-16(13)23)5-7-15(22(27,28)29)14-9-17(24)19(26)18(25)10-14/h4-10,15H,11H2,1-3H3,(H,30,31). The molecule has 0 spiro atoms. The molecule has 32 heavy (non-hydrogen) atoms. The van der Waals surface area contributed by atoms with Gasteiger partial charge in [-0.25, -0.2) is 4.79 Å². The van der Waals surface area contributed by atoms with Gasteiger partial charge in [0.1, 0.15) is 5.60 Å². The molecule has 0 saturated heterocycles. The third-order valence-electron chi connectivity index (χ3n) is 4.10. The highest BCUT2D eigenvalue weighted by molar-refractivity contribution is 6.48. The Bertz CT molecular complexity index is 994. The second-order valence-electron chi connectivity index (χ2n) is 7.88. The van der Waals surface area contributed by atoms with Crippen molar-refractivity contribution in [2.24, 2.45) is 0 Å². The molecular formula is C22H20Cl4F3NO2. The topological polar surface area (TPSA) is 38.3 Å². The third kappa shape index (κ3) is 7.77. The minimum Gasteiger partial charge on any atom is -0.444 e. The van der Waals surface area contributed by atoms with Gasteiger partial charge >= 0.3 is 12.3 Å². The van der Waals surface area contributed by atoms with E-state index in [0.29, 0.717) is 11.1 Å². The molecule has 0 saturated carbocycles. The molecule has 2 aromatic carbocycles. The monoisotopic (exact) mass is 527 g/mol. The van der Waals surface area contributed by atoms with Crippen molar-refractivity contribution in [3.05, 3.63) is 73.2 Å². The number of ether oxygens (including phenoxy) is 1. The lowest BCUT2D eigenvalue weighted by atomic mass is 9.97. The van der Waals surface area contributed by atoms with Crippen LogP contribution in [0.15, 0.2) is 36.4 Å². The summed E-state index contributed by atoms with van der Waals surface area (Å²) in [5.74, 6) is -1.96. The number of hydrogen-bond donors (Lipinski definition) is 1. The number of rotatable bonds is 5. The Balaban J connectivity index is 2.20. The summed E-state index contributed by atoms with van der Waals surface area (Å²) in [7, 11) is 0. The molecule has 0 heterocycles. The van der Waals surface area contributed by atoms with Crippen molar-refractivity contribution in [1.82, 2.24) is 5.32 Å². The van der Waals surface area contributed by atoms with Gasteiger partial charge in [-0.15, -0.1) is 0 Å². The largest absolute Gasteiger partial charge is 0.444 e. The zero-order valence-electron chi connectivity index (χ0n) is 17.3. The molecule has 1 atom stereocenters. The van der Waals surface area contributed by atoms with Crippen molar-refractivity contribution < 1.29 is 22.7 Å². The molecule has 2 rings (SSSR count). The van der Waals surface area contributed by atoms with Crippen molar-refractivity contribution in [2.75, 3.05) is 0 Å². The Morgan fingerprint density at radius 1 is 1.03 bits per heavy atom. The van der Waals surface area contributed by atoms with Gasteiger partial charge in [-0.05, 0) is 55.7 Å². The van der Waals surface area contributed by atoms with E-state index >= 15 is 0 Å². The van der Waals surface area contributed by atoms with Crippen LogP contribution in [0.2, 0.25) is 20.1 Å². The summed E-state index contributed by atoms with van der Waals surface area (Å²) in [6.45, 7) is 5.31. The number of carbonyl (C=O) groups is 1. The van der Waals surface area contributed by atoms with Gasteiger partial charge in [-0.3, -0.25) is 0 Å². The molecule has 0 aliphatic heterocycles. The number of carbonyl (C=O) groups excluding carboxylic acids is 1. The number of allylic oxidation sites excluding steroid dienone is 1. The second kappa shape index (κ2) is 10.6. The highest BCUT2D eigenvalue weighted by Gasteiger charge is 2.39. The number of amides is 1. The summed E-state index contributed by atoms with van der Waals surface area (Å²) in [6, 6.07) is 6.97. The van der Waals surface area contributed by atoms with Gasteiger partial charge in [0.2, 0.25) is 0 Å². The maximum atomic E-state index is 13.7. The number of alkyl carbamates (subject to hydrolysis) is 1. The van der Waals surface area contributed by atoms with Crippen LogP contribution in [0, 0.1) is 0 Å². The van der Waals surface area contributed by atoms with E-state index < -0.39 is 23.8 Å². The van der Waals surface area contributed by atoms with E-state index in [4.69, 9.17) is 51.1 Å². The molecule has 1 unspecified atom stereocenters. The van der Waals surface area contributed by atoms with E-state index in [9.17, 15) is 18.0 Å². The van der Waals surface area contributed by atoms with E-state index in [1.165, 1.54) is 12.1 Å². The van der Waals surface area contributed by atoms with Gasteiger partial charge in [0.25, 0.3) is 0 Å². The van der Waals surface area contributed by atoms with Crippen LogP contribution in [-0.2, 0) is 11.3 Å². The van der Waals surface area contributed by atoms with Crippen LogP contribution in [0.3, 0.4) is 0 Å². The smallest absolute Gasteiger partial charge is 0.407 e. The summed E-state index contributed by atoms with van der Waals surface area (Å²) in [5, 5.41) is 2.71. The number of alkyl halides is 3. The Morgan fingerprint density at radius 3 is 2.12 bits per heavy atom. The molecule has 0 fully saturated rings. The average molecular weight is 529 g/mol. The minimum absolute atomic E-state index is 0.00986. The van der Waals surface area contributed by atoms with Gasteiger partial charge in [-0.1, -0.05) is 70.7 Å². The Morgan fingerprint density at radius 2 is 1.62 bits per heavy atom. The predicted octanol–water partition coefficient (Wildman–Crippen LogP) is 8.68. The van der Waals surface area contributed by atoms with E-state index in [0.717, 1.165) is 18.2 Å². The lowest BCUT2D eigenvalue weighted by molar-refractivity contribution is -0.139. The third-order valence-corrected chi connectivity index (χ3v) is 5.65. The summed E-state index contributed by atoms with van der Waals surface area (Å²) in [4.78, 5) is 11.8. The van der Waals surface area contributed by atoms with Crippen molar-refractivity contribution >= 4 is 58.6 Å². The maximum Gasteiger partial charge on any atom is 0.407 e. The summed E-state index contributed by atoms with van der Waals surface area (Å²) in [5.41, 5.74) is 0.239. The van der Waals surface area contributed by atoms with Gasteiger partial charge in [0, 0.05) is 11.6 Å². The fourth-order valence-corrected chi connectivity index (χ4v) is 3.53. The first kappa shape index (κ1) is 26.7. The molecule has 0 aliphatic carbocycles. The SMILES string of the molecule is CC(C)(C)OC(=O)NCc1ccc(C=CC(c2cc(Cl)c(Cl)c(Cl)c2)C(F)(F)F)cc1Cl. The van der Waals surface area contributed by atoms with Gasteiger partial charge in [0.15, 0.2) is 0 Å². The van der Waals surface area contributed by atoms with Crippen molar-refractivity contribution in [2.45, 2.75) is 45.0 Å². The van der Waals surface area contributed by atoms with Gasteiger partial charge in [-0.2, -0.15) is 13.2 Å². The van der Waals surface area contributed by atoms with Gasteiger partial charge < -0.3 is 10.1 Å². The molecule has 0 radical (unpaired) electrons. The highest BCUT2D eigenvalue weighted by atomic mass is 35.5. The number of halogens is 7. The van der Waals surface area contributed by atoms with Crippen LogP contribution in [-0.4, -0.2) is 17.9 Å². The molecule has 1 N–H and O–H groups in total. The van der Waals surface area contributed by atoms with E-state index in [-0.39, 0.29) is 32.2 Å². The summed E-state index contributed by atoms with van der Waals surface area (Å²) < 4.78 is 46.1. The van der Waals surface area contributed by atoms with E-state index in [1.807, 2.05) is 0 Å². The molecule has 10 heteroatoms. The minimum atomic E-state index is -4.59. The average Bonchev–Trinajstić information content (AvgIpc) is 2.63. The van der Waals surface area contributed by atoms with Crippen LogP contribution in [0.25, 0.3) is 6.08 Å². The van der Waals surface area contributed by atoms with E-state index in [1.54, 1.807) is 32.9 Å².